The maximum absolute atomic E-state index is 10.8. The second kappa shape index (κ2) is 4.74. The molecule has 0 aliphatic rings. The van der Waals surface area contributed by atoms with Crippen LogP contribution in [0.5, 0.6) is 0 Å². The Balaban J connectivity index is 2.27. The Kier molecular flexibility index (Phi) is 3.56. The number of rotatable bonds is 3. The number of hydrogen-bond acceptors (Lipinski definition) is 4. The molecule has 0 spiro atoms. The Hall–Kier alpha value is -1.07. The molecular weight excluding hydrogens is 178 g/mol. The summed E-state index contributed by atoms with van der Waals surface area (Å²) in [6, 6.07) is 3.59. The molecule has 0 aliphatic carbocycles. The minimum Gasteiger partial charge on any atom is -0.447 e. The summed E-state index contributed by atoms with van der Waals surface area (Å²) < 4.78 is 4.57. The smallest absolute Gasteiger partial charge is 0.412 e. The lowest BCUT2D eigenvalue weighted by atomic mass is 10.6. The van der Waals surface area contributed by atoms with E-state index in [0.29, 0.717) is 0 Å². The summed E-state index contributed by atoms with van der Waals surface area (Å²) in [7, 11) is 0. The summed E-state index contributed by atoms with van der Waals surface area (Å²) in [6.07, 6.45) is -0.536. The van der Waals surface area contributed by atoms with Crippen LogP contribution in [0.15, 0.2) is 17.5 Å². The zero-order valence-corrected chi connectivity index (χ0v) is 7.13. The molecule has 1 aromatic heterocycles. The average molecular weight is 187 g/mol. The Morgan fingerprint density at radius 3 is 3.17 bits per heavy atom. The number of nitrogens with one attached hydrogen (secondary N) is 1. The van der Waals surface area contributed by atoms with Crippen LogP contribution in [0.3, 0.4) is 0 Å². The van der Waals surface area contributed by atoms with E-state index in [1.54, 1.807) is 6.07 Å². The molecule has 0 unspecified atom stereocenters. The summed E-state index contributed by atoms with van der Waals surface area (Å²) in [6.45, 7) is -0.130. The predicted octanol–water partition coefficient (Wildman–Crippen LogP) is 1.29. The highest BCUT2D eigenvalue weighted by Crippen LogP contribution is 2.14. The molecule has 0 fully saturated rings. The van der Waals surface area contributed by atoms with Crippen LogP contribution in [0.1, 0.15) is 0 Å². The number of ether oxygens (including phenoxy) is 1. The molecule has 0 radical (unpaired) electrons. The average Bonchev–Trinajstić information content (AvgIpc) is 2.53. The number of carbonyl (C=O) groups is 1. The number of carbonyl (C=O) groups excluding carboxylic acids is 1. The SMILES string of the molecule is O=C(Nc1cccs1)OCCO. The molecule has 0 bridgehead atoms. The van der Waals surface area contributed by atoms with Crippen molar-refractivity contribution in [2.24, 2.45) is 0 Å². The number of anilines is 1. The van der Waals surface area contributed by atoms with Gasteiger partial charge in [0, 0.05) is 0 Å². The molecule has 66 valence electrons. The fourth-order valence-corrected chi connectivity index (χ4v) is 1.23. The van der Waals surface area contributed by atoms with Crippen LogP contribution in [0.4, 0.5) is 9.80 Å². The number of hydrogen-bond donors (Lipinski definition) is 2. The monoisotopic (exact) mass is 187 g/mol. The van der Waals surface area contributed by atoms with Gasteiger partial charge in [0.25, 0.3) is 0 Å². The van der Waals surface area contributed by atoms with Gasteiger partial charge in [0.2, 0.25) is 0 Å². The van der Waals surface area contributed by atoms with Crippen molar-refractivity contribution in [3.05, 3.63) is 17.5 Å². The third kappa shape index (κ3) is 2.89. The highest BCUT2D eigenvalue weighted by molar-refractivity contribution is 7.14. The van der Waals surface area contributed by atoms with Crippen molar-refractivity contribution in [3.8, 4) is 0 Å². The van der Waals surface area contributed by atoms with Gasteiger partial charge < -0.3 is 9.84 Å². The Labute approximate surface area is 73.8 Å². The van der Waals surface area contributed by atoms with E-state index in [1.807, 2.05) is 11.4 Å². The summed E-state index contributed by atoms with van der Waals surface area (Å²) >= 11 is 1.41. The van der Waals surface area contributed by atoms with Crippen molar-refractivity contribution in [3.63, 3.8) is 0 Å². The van der Waals surface area contributed by atoms with E-state index in [1.165, 1.54) is 11.3 Å². The lowest BCUT2D eigenvalue weighted by molar-refractivity contribution is 0.131. The van der Waals surface area contributed by atoms with E-state index < -0.39 is 6.09 Å². The quantitative estimate of drug-likeness (QED) is 0.749. The molecule has 0 aliphatic heterocycles. The molecule has 4 nitrogen and oxygen atoms in total. The molecule has 12 heavy (non-hydrogen) atoms. The molecule has 0 aromatic carbocycles. The minimum absolute atomic E-state index is 0.0250. The largest absolute Gasteiger partial charge is 0.447 e. The summed E-state index contributed by atoms with van der Waals surface area (Å²) in [4.78, 5) is 10.8. The van der Waals surface area contributed by atoms with E-state index in [2.05, 4.69) is 10.1 Å². The Morgan fingerprint density at radius 2 is 2.58 bits per heavy atom. The van der Waals surface area contributed by atoms with Crippen LogP contribution in [-0.2, 0) is 4.74 Å². The number of aliphatic hydroxyl groups is 1. The summed E-state index contributed by atoms with van der Waals surface area (Å²) in [5.74, 6) is 0. The first-order valence-electron chi connectivity index (χ1n) is 3.41. The second-order valence-corrected chi connectivity index (χ2v) is 2.91. The van der Waals surface area contributed by atoms with Crippen molar-refractivity contribution in [1.82, 2.24) is 0 Å². The number of thiophene rings is 1. The van der Waals surface area contributed by atoms with E-state index in [4.69, 9.17) is 5.11 Å². The third-order valence-corrected chi connectivity index (χ3v) is 1.86. The molecule has 5 heteroatoms. The zero-order chi connectivity index (χ0) is 8.81. The lowest BCUT2D eigenvalue weighted by Crippen LogP contribution is -2.14. The van der Waals surface area contributed by atoms with Gasteiger partial charge in [-0.15, -0.1) is 11.3 Å². The predicted molar refractivity (Wildman–Crippen MR) is 46.4 cm³/mol. The number of amides is 1. The molecular formula is C7H9NO3S. The van der Waals surface area contributed by atoms with Gasteiger partial charge in [-0.05, 0) is 17.5 Å². The van der Waals surface area contributed by atoms with E-state index in [9.17, 15) is 4.79 Å². The fourth-order valence-electron chi connectivity index (χ4n) is 0.625. The van der Waals surface area contributed by atoms with Gasteiger partial charge in [-0.1, -0.05) is 0 Å². The molecule has 0 atom stereocenters. The third-order valence-electron chi connectivity index (χ3n) is 1.07. The van der Waals surface area contributed by atoms with Crippen molar-refractivity contribution in [1.29, 1.82) is 0 Å². The van der Waals surface area contributed by atoms with Crippen molar-refractivity contribution < 1.29 is 14.6 Å². The zero-order valence-electron chi connectivity index (χ0n) is 6.32. The number of aliphatic hydroxyl groups excluding tert-OH is 1. The maximum Gasteiger partial charge on any atom is 0.412 e. The van der Waals surface area contributed by atoms with E-state index in [0.717, 1.165) is 5.00 Å². The molecule has 1 heterocycles. The second-order valence-electron chi connectivity index (χ2n) is 1.96. The fraction of sp³-hybridized carbons (Fsp3) is 0.286. The molecule has 1 aromatic rings. The summed E-state index contributed by atoms with van der Waals surface area (Å²) in [5, 5.41) is 13.4. The Bertz CT molecular complexity index is 235. The van der Waals surface area contributed by atoms with Crippen LogP contribution < -0.4 is 5.32 Å². The topological polar surface area (TPSA) is 58.6 Å². The molecule has 0 saturated heterocycles. The van der Waals surface area contributed by atoms with Gasteiger partial charge in [0.15, 0.2) is 0 Å². The van der Waals surface area contributed by atoms with Gasteiger partial charge in [-0.2, -0.15) is 0 Å². The van der Waals surface area contributed by atoms with Gasteiger partial charge in [-0.3, -0.25) is 5.32 Å². The maximum atomic E-state index is 10.8. The first-order chi connectivity index (χ1) is 5.83. The normalized spacial score (nSPS) is 9.42. The molecule has 0 saturated carbocycles. The van der Waals surface area contributed by atoms with Crippen molar-refractivity contribution >= 4 is 22.4 Å². The van der Waals surface area contributed by atoms with Crippen LogP contribution >= 0.6 is 11.3 Å². The van der Waals surface area contributed by atoms with Gasteiger partial charge in [0.05, 0.1) is 11.6 Å². The molecule has 1 amide bonds. The van der Waals surface area contributed by atoms with E-state index in [-0.39, 0.29) is 13.2 Å². The van der Waals surface area contributed by atoms with Crippen molar-refractivity contribution in [2.75, 3.05) is 18.5 Å². The Morgan fingerprint density at radius 1 is 1.75 bits per heavy atom. The van der Waals surface area contributed by atoms with Crippen LogP contribution in [-0.4, -0.2) is 24.4 Å². The van der Waals surface area contributed by atoms with Gasteiger partial charge >= 0.3 is 6.09 Å². The molecule has 1 rings (SSSR count). The summed E-state index contributed by atoms with van der Waals surface area (Å²) in [5.41, 5.74) is 0. The van der Waals surface area contributed by atoms with Gasteiger partial charge in [0.1, 0.15) is 6.61 Å². The van der Waals surface area contributed by atoms with Crippen LogP contribution in [0.2, 0.25) is 0 Å². The standard InChI is InChI=1S/C7H9NO3S/c9-3-4-11-7(10)8-6-2-1-5-12-6/h1-2,5,9H,3-4H2,(H,8,10). The lowest BCUT2D eigenvalue weighted by Gasteiger charge is -2.02. The minimum atomic E-state index is -0.536. The van der Waals surface area contributed by atoms with Gasteiger partial charge in [-0.25, -0.2) is 4.79 Å². The highest BCUT2D eigenvalue weighted by atomic mass is 32.1. The molecule has 2 N–H and O–H groups in total. The first kappa shape index (κ1) is 9.02. The van der Waals surface area contributed by atoms with Crippen LogP contribution in [0, 0.1) is 0 Å². The highest BCUT2D eigenvalue weighted by Gasteiger charge is 2.01. The van der Waals surface area contributed by atoms with E-state index >= 15 is 0 Å². The van der Waals surface area contributed by atoms with Crippen molar-refractivity contribution in [2.45, 2.75) is 0 Å². The van der Waals surface area contributed by atoms with Crippen LogP contribution in [0.25, 0.3) is 0 Å². The first-order valence-corrected chi connectivity index (χ1v) is 4.29.